The summed E-state index contributed by atoms with van der Waals surface area (Å²) < 4.78 is 47.2. The highest BCUT2D eigenvalue weighted by atomic mass is 35.5. The van der Waals surface area contributed by atoms with E-state index in [1.807, 2.05) is 0 Å². The number of hydrogen-bond acceptors (Lipinski definition) is 10. The van der Waals surface area contributed by atoms with Gasteiger partial charge in [0.25, 0.3) is 10.0 Å². The van der Waals surface area contributed by atoms with Gasteiger partial charge in [-0.05, 0) is 117 Å². The summed E-state index contributed by atoms with van der Waals surface area (Å²) in [6.45, 7) is 15.1. The average Bonchev–Trinajstić information content (AvgIpc) is 3.44. The van der Waals surface area contributed by atoms with E-state index in [9.17, 15) is 22.8 Å². The van der Waals surface area contributed by atoms with Gasteiger partial charge in [0.05, 0.1) is 16.1 Å². The topological polar surface area (TPSA) is 153 Å². The predicted octanol–water partition coefficient (Wildman–Crippen LogP) is 7.87. The van der Waals surface area contributed by atoms with E-state index >= 15 is 0 Å². The van der Waals surface area contributed by atoms with Crippen LogP contribution >= 0.6 is 23.2 Å². The van der Waals surface area contributed by atoms with Gasteiger partial charge in [0, 0.05) is 41.8 Å². The minimum absolute atomic E-state index is 0.0397. The molecular weight excluding hydrogens is 759 g/mol. The Hall–Kier alpha value is -4.60. The van der Waals surface area contributed by atoms with Crippen LogP contribution in [0, 0.1) is 0 Å². The quantitative estimate of drug-likeness (QED) is 0.114. The lowest BCUT2D eigenvalue weighted by atomic mass is 10.2. The maximum atomic E-state index is 14.0. The van der Waals surface area contributed by atoms with Gasteiger partial charge in [-0.1, -0.05) is 23.2 Å². The van der Waals surface area contributed by atoms with Gasteiger partial charge in [0.2, 0.25) is 0 Å². The molecule has 0 aliphatic carbocycles. The summed E-state index contributed by atoms with van der Waals surface area (Å²) in [6.07, 6.45) is 0.505. The largest absolute Gasteiger partial charge is 0.459 e. The number of hydrogen-bond donors (Lipinski definition) is 0. The van der Waals surface area contributed by atoms with Gasteiger partial charge in [0.1, 0.15) is 23.3 Å². The van der Waals surface area contributed by atoms with Crippen molar-refractivity contribution in [2.24, 2.45) is 0 Å². The zero-order valence-electron chi connectivity index (χ0n) is 32.0. The summed E-state index contributed by atoms with van der Waals surface area (Å²) in [5.74, 6) is -0.180. The SMILES string of the molecule is CN(CCN(C(=O)OC(C)(C)C)c1ccc(-n2ccc3cc(N(CC(=O)OC(C)(C)C)S(=O)(=O)c4cc(Cl)cc(Cl)c4)ccc32)nn1)C(=O)OC(C)(C)C. The van der Waals surface area contributed by atoms with Gasteiger partial charge < -0.3 is 19.1 Å². The molecule has 0 atom stereocenters. The highest BCUT2D eigenvalue weighted by Gasteiger charge is 2.31. The van der Waals surface area contributed by atoms with Crippen LogP contribution in [0.5, 0.6) is 0 Å². The zero-order valence-corrected chi connectivity index (χ0v) is 34.3. The second kappa shape index (κ2) is 16.0. The van der Waals surface area contributed by atoms with Gasteiger partial charge in [0.15, 0.2) is 11.6 Å². The molecule has 0 radical (unpaired) electrons. The van der Waals surface area contributed by atoms with E-state index in [4.69, 9.17) is 37.4 Å². The molecule has 0 bridgehead atoms. The molecular formula is C37H46Cl2N6O8S. The molecule has 2 amide bonds. The Morgan fingerprint density at radius 3 is 1.89 bits per heavy atom. The van der Waals surface area contributed by atoms with Crippen LogP contribution in [0.25, 0.3) is 16.7 Å². The monoisotopic (exact) mass is 804 g/mol. The Balaban J connectivity index is 1.66. The number of ether oxygens (including phenoxy) is 3. The van der Waals surface area contributed by atoms with E-state index in [0.29, 0.717) is 16.7 Å². The van der Waals surface area contributed by atoms with Gasteiger partial charge in [-0.25, -0.2) is 18.0 Å². The first-order valence-corrected chi connectivity index (χ1v) is 19.1. The van der Waals surface area contributed by atoms with E-state index in [-0.39, 0.29) is 39.5 Å². The normalized spacial score (nSPS) is 12.3. The number of rotatable bonds is 10. The van der Waals surface area contributed by atoms with Crippen LogP contribution in [0.2, 0.25) is 10.0 Å². The molecule has 292 valence electrons. The number of esters is 1. The average molecular weight is 806 g/mol. The molecule has 0 unspecified atom stereocenters. The molecule has 0 aliphatic heterocycles. The highest BCUT2D eigenvalue weighted by Crippen LogP contribution is 2.32. The fourth-order valence-corrected chi connectivity index (χ4v) is 7.11. The van der Waals surface area contributed by atoms with Crippen molar-refractivity contribution in [1.29, 1.82) is 0 Å². The molecule has 2 aromatic heterocycles. The van der Waals surface area contributed by atoms with Crippen molar-refractivity contribution in [3.8, 4) is 5.82 Å². The van der Waals surface area contributed by atoms with E-state index in [0.717, 1.165) is 4.31 Å². The number of benzene rings is 2. The number of likely N-dealkylation sites (N-methyl/N-ethyl adjacent to an activating group) is 1. The first-order chi connectivity index (χ1) is 24.8. The third kappa shape index (κ3) is 11.2. The van der Waals surface area contributed by atoms with Crippen LogP contribution < -0.4 is 9.21 Å². The molecule has 54 heavy (non-hydrogen) atoms. The lowest BCUT2D eigenvalue weighted by Crippen LogP contribution is -2.43. The van der Waals surface area contributed by atoms with Gasteiger partial charge in [-0.2, -0.15) is 0 Å². The smallest absolute Gasteiger partial charge is 0.416 e. The summed E-state index contributed by atoms with van der Waals surface area (Å²) in [7, 11) is -2.79. The number of nitrogens with zero attached hydrogens (tertiary/aromatic N) is 6. The van der Waals surface area contributed by atoms with Crippen LogP contribution in [0.4, 0.5) is 21.1 Å². The molecule has 0 N–H and O–H groups in total. The van der Waals surface area contributed by atoms with E-state index in [2.05, 4.69) is 10.2 Å². The number of carbonyl (C=O) groups is 3. The Kier molecular flexibility index (Phi) is 12.5. The third-order valence-electron chi connectivity index (χ3n) is 7.22. The molecule has 4 rings (SSSR count). The molecule has 2 heterocycles. The minimum Gasteiger partial charge on any atom is -0.459 e. The summed E-state index contributed by atoms with van der Waals surface area (Å²) in [5, 5.41) is 9.54. The molecule has 0 saturated carbocycles. The number of amides is 2. The van der Waals surface area contributed by atoms with Crippen molar-refractivity contribution < 1.29 is 37.0 Å². The molecule has 0 spiro atoms. The number of fused-ring (bicyclic) bond motifs is 1. The molecule has 0 fully saturated rings. The first kappa shape index (κ1) is 42.1. The molecule has 0 aliphatic rings. The van der Waals surface area contributed by atoms with Crippen molar-refractivity contribution in [2.45, 2.75) is 84.0 Å². The van der Waals surface area contributed by atoms with Gasteiger partial charge >= 0.3 is 18.2 Å². The Bertz CT molecular complexity index is 2100. The van der Waals surface area contributed by atoms with Gasteiger partial charge in [-0.15, -0.1) is 10.2 Å². The van der Waals surface area contributed by atoms with Gasteiger partial charge in [-0.3, -0.25) is 18.6 Å². The van der Waals surface area contributed by atoms with Crippen LogP contribution in [-0.4, -0.2) is 89.7 Å². The fourth-order valence-electron chi connectivity index (χ4n) is 4.98. The Morgan fingerprint density at radius 2 is 1.33 bits per heavy atom. The summed E-state index contributed by atoms with van der Waals surface area (Å²) in [4.78, 5) is 41.3. The molecule has 4 aromatic rings. The first-order valence-electron chi connectivity index (χ1n) is 16.9. The number of aromatic nitrogens is 3. The van der Waals surface area contributed by atoms with Crippen molar-refractivity contribution in [3.63, 3.8) is 0 Å². The maximum Gasteiger partial charge on any atom is 0.416 e. The number of anilines is 2. The third-order valence-corrected chi connectivity index (χ3v) is 9.40. The van der Waals surface area contributed by atoms with Crippen LogP contribution in [0.15, 0.2) is 65.7 Å². The predicted molar refractivity (Wildman–Crippen MR) is 208 cm³/mol. The second-order valence-electron chi connectivity index (χ2n) is 15.4. The van der Waals surface area contributed by atoms with Crippen LogP contribution in [-0.2, 0) is 29.0 Å². The fraction of sp³-hybridized carbons (Fsp3) is 0.432. The van der Waals surface area contributed by atoms with Crippen LogP contribution in [0.3, 0.4) is 0 Å². The van der Waals surface area contributed by atoms with E-state index < -0.39 is 51.5 Å². The molecule has 14 nitrogen and oxygen atoms in total. The zero-order chi connectivity index (χ0) is 40.4. The molecule has 2 aromatic carbocycles. The lowest BCUT2D eigenvalue weighted by Gasteiger charge is -2.29. The van der Waals surface area contributed by atoms with Crippen LogP contribution in [0.1, 0.15) is 62.3 Å². The van der Waals surface area contributed by atoms with E-state index in [1.54, 1.807) is 117 Å². The summed E-state index contributed by atoms with van der Waals surface area (Å²) >= 11 is 12.3. The second-order valence-corrected chi connectivity index (χ2v) is 18.2. The molecule has 17 heteroatoms. The molecule has 0 saturated heterocycles. The lowest BCUT2D eigenvalue weighted by molar-refractivity contribution is -0.152. The van der Waals surface area contributed by atoms with Crippen molar-refractivity contribution in [2.75, 3.05) is 35.9 Å². The Labute approximate surface area is 325 Å². The standard InChI is InChI=1S/C37H46Cl2N6O8S/c1-35(2,3)51-32(46)23-45(54(49,50)28-21-25(38)20-26(39)22-28)27-11-12-29-24(19-27)15-16-43(29)30-13-14-31(41-40-30)44(34(48)53-37(7,8)9)18-17-42(10)33(47)52-36(4,5)6/h11-16,19-22H,17-18,23H2,1-10H3. The maximum absolute atomic E-state index is 14.0. The number of sulfonamides is 1. The van der Waals surface area contributed by atoms with Crippen molar-refractivity contribution in [1.82, 2.24) is 19.7 Å². The number of carbonyl (C=O) groups excluding carboxylic acids is 3. The summed E-state index contributed by atoms with van der Waals surface area (Å²) in [6, 6.07) is 13.8. The number of halogens is 2. The Morgan fingerprint density at radius 1 is 0.741 bits per heavy atom. The van der Waals surface area contributed by atoms with Crippen molar-refractivity contribution in [3.05, 3.63) is 70.8 Å². The van der Waals surface area contributed by atoms with E-state index in [1.165, 1.54) is 28.0 Å². The summed E-state index contributed by atoms with van der Waals surface area (Å²) in [5.41, 5.74) is -1.52. The van der Waals surface area contributed by atoms with Crippen molar-refractivity contribution >= 4 is 73.8 Å². The minimum atomic E-state index is -4.36. The highest BCUT2D eigenvalue weighted by molar-refractivity contribution is 7.92.